The van der Waals surface area contributed by atoms with Crippen LogP contribution in [0.4, 0.5) is 0 Å². The first-order valence-corrected chi connectivity index (χ1v) is 5.18. The van der Waals surface area contributed by atoms with E-state index < -0.39 is 6.10 Å². The van der Waals surface area contributed by atoms with E-state index in [1.54, 1.807) is 12.4 Å². The van der Waals surface area contributed by atoms with E-state index in [-0.39, 0.29) is 0 Å². The largest absolute Gasteiger partial charge is 0.384 e. The van der Waals surface area contributed by atoms with Crippen molar-refractivity contribution in [3.05, 3.63) is 59.2 Å². The maximum absolute atomic E-state index is 10.2. The highest BCUT2D eigenvalue weighted by Crippen LogP contribution is 2.24. The number of hydrogen-bond donors (Lipinski definition) is 1. The molecule has 0 bridgehead atoms. The molecule has 0 amide bonds. The molecule has 3 nitrogen and oxygen atoms in total. The average molecular weight is 214 g/mol. The van der Waals surface area contributed by atoms with Gasteiger partial charge < -0.3 is 5.11 Å². The zero-order chi connectivity index (χ0) is 11.5. The van der Waals surface area contributed by atoms with Crippen molar-refractivity contribution < 1.29 is 5.11 Å². The fraction of sp³-hybridized carbons (Fsp3) is 0.231. The highest BCUT2D eigenvalue weighted by Gasteiger charge is 2.13. The third-order valence-corrected chi connectivity index (χ3v) is 2.63. The Balaban J connectivity index is 2.41. The van der Waals surface area contributed by atoms with E-state index in [0.717, 1.165) is 22.3 Å². The van der Waals surface area contributed by atoms with Crippen LogP contribution in [0.1, 0.15) is 28.4 Å². The monoisotopic (exact) mass is 214 g/mol. The fourth-order valence-electron chi connectivity index (χ4n) is 1.69. The van der Waals surface area contributed by atoms with Crippen molar-refractivity contribution in [1.29, 1.82) is 0 Å². The number of hydrogen-bond acceptors (Lipinski definition) is 3. The summed E-state index contributed by atoms with van der Waals surface area (Å²) in [5.41, 5.74) is 3.84. The van der Waals surface area contributed by atoms with Gasteiger partial charge in [-0.3, -0.25) is 0 Å². The van der Waals surface area contributed by atoms with E-state index in [1.165, 1.54) is 6.33 Å². The molecule has 1 unspecified atom stereocenters. The van der Waals surface area contributed by atoms with Crippen LogP contribution in [0.2, 0.25) is 0 Å². The highest BCUT2D eigenvalue weighted by atomic mass is 16.3. The van der Waals surface area contributed by atoms with E-state index in [9.17, 15) is 5.11 Å². The summed E-state index contributed by atoms with van der Waals surface area (Å²) in [6.07, 6.45) is 4.08. The minimum absolute atomic E-state index is 0.652. The van der Waals surface area contributed by atoms with Crippen LogP contribution in [-0.2, 0) is 0 Å². The topological polar surface area (TPSA) is 46.0 Å². The van der Waals surface area contributed by atoms with Crippen LogP contribution in [0, 0.1) is 13.8 Å². The van der Waals surface area contributed by atoms with Gasteiger partial charge in [-0.15, -0.1) is 0 Å². The van der Waals surface area contributed by atoms with E-state index in [2.05, 4.69) is 9.97 Å². The van der Waals surface area contributed by atoms with E-state index in [1.807, 2.05) is 32.0 Å². The molecule has 1 N–H and O–H groups in total. The fourth-order valence-corrected chi connectivity index (χ4v) is 1.69. The van der Waals surface area contributed by atoms with E-state index in [0.29, 0.717) is 0 Å². The molecular formula is C13H14N2O. The second kappa shape index (κ2) is 4.41. The number of aliphatic hydroxyl groups is 1. The lowest BCUT2D eigenvalue weighted by Crippen LogP contribution is -2.03. The predicted octanol–water partition coefficient (Wildman–Crippen LogP) is 2.18. The number of aromatic nitrogens is 2. The van der Waals surface area contributed by atoms with Crippen molar-refractivity contribution in [1.82, 2.24) is 9.97 Å². The second-order valence-electron chi connectivity index (χ2n) is 3.93. The molecule has 0 saturated heterocycles. The van der Waals surface area contributed by atoms with Crippen LogP contribution >= 0.6 is 0 Å². The molecule has 2 rings (SSSR count). The molecular weight excluding hydrogens is 200 g/mol. The van der Waals surface area contributed by atoms with Crippen molar-refractivity contribution in [2.24, 2.45) is 0 Å². The van der Waals surface area contributed by atoms with Crippen molar-refractivity contribution in [3.63, 3.8) is 0 Å². The van der Waals surface area contributed by atoms with Crippen molar-refractivity contribution in [3.8, 4) is 0 Å². The second-order valence-corrected chi connectivity index (χ2v) is 3.93. The van der Waals surface area contributed by atoms with Crippen LogP contribution in [0.5, 0.6) is 0 Å². The molecule has 1 heterocycles. The van der Waals surface area contributed by atoms with Gasteiger partial charge in [0.15, 0.2) is 0 Å². The minimum atomic E-state index is -0.652. The molecule has 3 heteroatoms. The van der Waals surface area contributed by atoms with Gasteiger partial charge in [-0.25, -0.2) is 9.97 Å². The Morgan fingerprint density at radius 2 is 1.81 bits per heavy atom. The summed E-state index contributed by atoms with van der Waals surface area (Å²) < 4.78 is 0. The first-order valence-electron chi connectivity index (χ1n) is 5.18. The third kappa shape index (κ3) is 2.09. The summed E-state index contributed by atoms with van der Waals surface area (Å²) in [4.78, 5) is 7.82. The van der Waals surface area contributed by atoms with Crippen LogP contribution < -0.4 is 0 Å². The summed E-state index contributed by atoms with van der Waals surface area (Å²) in [5, 5.41) is 10.2. The molecule has 0 aliphatic heterocycles. The van der Waals surface area contributed by atoms with Crippen LogP contribution in [0.25, 0.3) is 0 Å². The number of benzene rings is 1. The molecule has 16 heavy (non-hydrogen) atoms. The molecule has 0 aliphatic carbocycles. The molecule has 1 atom stereocenters. The predicted molar refractivity (Wildman–Crippen MR) is 62.0 cm³/mol. The Morgan fingerprint density at radius 1 is 1.12 bits per heavy atom. The maximum atomic E-state index is 10.2. The molecule has 2 aromatic rings. The molecule has 1 aromatic heterocycles. The Hall–Kier alpha value is -1.74. The Kier molecular flexibility index (Phi) is 2.97. The van der Waals surface area contributed by atoms with Gasteiger partial charge in [0, 0.05) is 18.0 Å². The van der Waals surface area contributed by atoms with Gasteiger partial charge in [-0.1, -0.05) is 23.8 Å². The normalized spacial score (nSPS) is 12.4. The minimum Gasteiger partial charge on any atom is -0.384 e. The summed E-state index contributed by atoms with van der Waals surface area (Å²) in [7, 11) is 0. The van der Waals surface area contributed by atoms with Gasteiger partial charge in [0.25, 0.3) is 0 Å². The van der Waals surface area contributed by atoms with Gasteiger partial charge >= 0.3 is 0 Å². The molecule has 0 spiro atoms. The van der Waals surface area contributed by atoms with Crippen LogP contribution in [-0.4, -0.2) is 15.1 Å². The van der Waals surface area contributed by atoms with Crippen LogP contribution in [0.3, 0.4) is 0 Å². The SMILES string of the molecule is Cc1ccc(C)c(C(O)c2cncnc2)c1. The van der Waals surface area contributed by atoms with Crippen LogP contribution in [0.15, 0.2) is 36.9 Å². The lowest BCUT2D eigenvalue weighted by molar-refractivity contribution is 0.218. The molecule has 0 saturated carbocycles. The van der Waals surface area contributed by atoms with Gasteiger partial charge in [-0.2, -0.15) is 0 Å². The first kappa shape index (κ1) is 10.8. The van der Waals surface area contributed by atoms with Crippen molar-refractivity contribution in [2.45, 2.75) is 20.0 Å². The maximum Gasteiger partial charge on any atom is 0.115 e. The van der Waals surface area contributed by atoms with E-state index in [4.69, 9.17) is 0 Å². The quantitative estimate of drug-likeness (QED) is 0.833. The number of aryl methyl sites for hydroxylation is 2. The van der Waals surface area contributed by atoms with Gasteiger partial charge in [0.1, 0.15) is 12.4 Å². The zero-order valence-electron chi connectivity index (χ0n) is 9.38. The lowest BCUT2D eigenvalue weighted by atomic mass is 9.97. The van der Waals surface area contributed by atoms with Gasteiger partial charge in [0.05, 0.1) is 0 Å². The first-order chi connectivity index (χ1) is 7.68. The smallest absolute Gasteiger partial charge is 0.115 e. The Bertz CT molecular complexity index is 483. The molecule has 0 aliphatic rings. The van der Waals surface area contributed by atoms with Gasteiger partial charge in [0.2, 0.25) is 0 Å². The Labute approximate surface area is 94.8 Å². The zero-order valence-corrected chi connectivity index (χ0v) is 9.38. The standard InChI is InChI=1S/C13H14N2O/c1-9-3-4-10(2)12(5-9)13(16)11-6-14-8-15-7-11/h3-8,13,16H,1-2H3. The van der Waals surface area contributed by atoms with Crippen molar-refractivity contribution in [2.75, 3.05) is 0 Å². The molecule has 82 valence electrons. The highest BCUT2D eigenvalue weighted by molar-refractivity contribution is 5.36. The third-order valence-electron chi connectivity index (χ3n) is 2.63. The number of aliphatic hydroxyl groups excluding tert-OH is 1. The van der Waals surface area contributed by atoms with Crippen molar-refractivity contribution >= 4 is 0 Å². The summed E-state index contributed by atoms with van der Waals surface area (Å²) >= 11 is 0. The molecule has 0 radical (unpaired) electrons. The molecule has 0 fully saturated rings. The van der Waals surface area contributed by atoms with E-state index >= 15 is 0 Å². The number of nitrogens with zero attached hydrogens (tertiary/aromatic N) is 2. The summed E-state index contributed by atoms with van der Waals surface area (Å²) in [6.45, 7) is 4.00. The summed E-state index contributed by atoms with van der Waals surface area (Å²) in [5.74, 6) is 0. The van der Waals surface area contributed by atoms with Gasteiger partial charge in [-0.05, 0) is 25.0 Å². The summed E-state index contributed by atoms with van der Waals surface area (Å²) in [6, 6.07) is 6.04. The average Bonchev–Trinajstić information content (AvgIpc) is 2.32. The Morgan fingerprint density at radius 3 is 2.50 bits per heavy atom. The molecule has 1 aromatic carbocycles. The lowest BCUT2D eigenvalue weighted by Gasteiger charge is -2.14. The number of rotatable bonds is 2.